The average Bonchev–Trinajstić information content (AvgIpc) is 2.37. The quantitative estimate of drug-likeness (QED) is 0.360. The van der Waals surface area contributed by atoms with Crippen molar-refractivity contribution in [1.82, 2.24) is 0 Å². The van der Waals surface area contributed by atoms with E-state index >= 15 is 0 Å². The standard InChI is InChI=1S/C12H16N2O5S/c1-4-12(19-9(2)3)13-20(17,18)11-7-5-10(6-8-11)14(15)16/h5-9H,4H2,1-3H3/b13-12+. The molecule has 0 saturated heterocycles. The Bertz CT molecular complexity index is 605. The minimum absolute atomic E-state index is 0.110. The predicted octanol–water partition coefficient (Wildman–Crippen LogP) is 2.52. The monoisotopic (exact) mass is 300 g/mol. The van der Waals surface area contributed by atoms with Crippen LogP contribution in [0.15, 0.2) is 33.6 Å². The number of nitrogens with zero attached hydrogens (tertiary/aromatic N) is 2. The first-order chi connectivity index (χ1) is 9.26. The van der Waals surface area contributed by atoms with E-state index < -0.39 is 14.9 Å². The van der Waals surface area contributed by atoms with E-state index in [4.69, 9.17) is 4.74 Å². The minimum atomic E-state index is -3.92. The van der Waals surface area contributed by atoms with Crippen molar-refractivity contribution in [2.75, 3.05) is 0 Å². The smallest absolute Gasteiger partial charge is 0.285 e. The average molecular weight is 300 g/mol. The highest BCUT2D eigenvalue weighted by molar-refractivity contribution is 7.90. The summed E-state index contributed by atoms with van der Waals surface area (Å²) in [5.41, 5.74) is -0.179. The number of nitro benzene ring substituents is 1. The van der Waals surface area contributed by atoms with Gasteiger partial charge < -0.3 is 4.74 Å². The van der Waals surface area contributed by atoms with Crippen molar-refractivity contribution in [3.63, 3.8) is 0 Å². The van der Waals surface area contributed by atoms with E-state index in [1.165, 1.54) is 0 Å². The molecule has 0 radical (unpaired) electrons. The van der Waals surface area contributed by atoms with Crippen LogP contribution in [0.2, 0.25) is 0 Å². The largest absolute Gasteiger partial charge is 0.478 e. The molecule has 0 aromatic heterocycles. The first kappa shape index (κ1) is 16.1. The summed E-state index contributed by atoms with van der Waals surface area (Å²) >= 11 is 0. The zero-order valence-electron chi connectivity index (χ0n) is 11.4. The summed E-state index contributed by atoms with van der Waals surface area (Å²) in [4.78, 5) is 9.81. The number of sulfonamides is 1. The number of nitro groups is 1. The Balaban J connectivity index is 3.09. The first-order valence-electron chi connectivity index (χ1n) is 6.01. The highest BCUT2D eigenvalue weighted by Crippen LogP contribution is 2.18. The van der Waals surface area contributed by atoms with E-state index in [1.807, 2.05) is 0 Å². The van der Waals surface area contributed by atoms with Crippen molar-refractivity contribution < 1.29 is 18.1 Å². The number of rotatable bonds is 5. The zero-order chi connectivity index (χ0) is 15.3. The topological polar surface area (TPSA) is 98.9 Å². The van der Waals surface area contributed by atoms with Gasteiger partial charge in [-0.2, -0.15) is 8.42 Å². The van der Waals surface area contributed by atoms with Crippen LogP contribution in [0.5, 0.6) is 0 Å². The Morgan fingerprint density at radius 2 is 1.90 bits per heavy atom. The number of ether oxygens (including phenoxy) is 1. The predicted molar refractivity (Wildman–Crippen MR) is 74.2 cm³/mol. The van der Waals surface area contributed by atoms with Gasteiger partial charge in [-0.05, 0) is 26.0 Å². The Morgan fingerprint density at radius 3 is 2.30 bits per heavy atom. The third kappa shape index (κ3) is 4.30. The van der Waals surface area contributed by atoms with Crippen molar-refractivity contribution in [2.24, 2.45) is 4.40 Å². The summed E-state index contributed by atoms with van der Waals surface area (Å²) in [5, 5.41) is 10.5. The van der Waals surface area contributed by atoms with Gasteiger partial charge in [0.1, 0.15) is 0 Å². The molecule has 0 N–H and O–H groups in total. The van der Waals surface area contributed by atoms with Gasteiger partial charge in [0.05, 0.1) is 15.9 Å². The highest BCUT2D eigenvalue weighted by atomic mass is 32.2. The van der Waals surface area contributed by atoms with Gasteiger partial charge >= 0.3 is 0 Å². The number of benzene rings is 1. The lowest BCUT2D eigenvalue weighted by Crippen LogP contribution is -2.13. The molecule has 0 spiro atoms. The maximum atomic E-state index is 12.0. The van der Waals surface area contributed by atoms with Gasteiger partial charge in [-0.1, -0.05) is 6.92 Å². The molecule has 7 nitrogen and oxygen atoms in total. The molecule has 0 heterocycles. The highest BCUT2D eigenvalue weighted by Gasteiger charge is 2.16. The molecule has 110 valence electrons. The van der Waals surface area contributed by atoms with Crippen LogP contribution in [-0.2, 0) is 14.8 Å². The Kier molecular flexibility index (Phi) is 5.20. The number of non-ortho nitro benzene ring substituents is 1. The van der Waals surface area contributed by atoms with Gasteiger partial charge in [0.15, 0.2) is 5.90 Å². The van der Waals surface area contributed by atoms with Gasteiger partial charge in [-0.25, -0.2) is 0 Å². The van der Waals surface area contributed by atoms with Crippen LogP contribution in [0.3, 0.4) is 0 Å². The van der Waals surface area contributed by atoms with E-state index in [2.05, 4.69) is 4.40 Å². The van der Waals surface area contributed by atoms with Crippen molar-refractivity contribution in [2.45, 2.75) is 38.2 Å². The van der Waals surface area contributed by atoms with Gasteiger partial charge in [-0.15, -0.1) is 4.40 Å². The van der Waals surface area contributed by atoms with Crippen molar-refractivity contribution in [1.29, 1.82) is 0 Å². The Morgan fingerprint density at radius 1 is 1.35 bits per heavy atom. The van der Waals surface area contributed by atoms with Crippen molar-refractivity contribution in [3.05, 3.63) is 34.4 Å². The van der Waals surface area contributed by atoms with Crippen LogP contribution >= 0.6 is 0 Å². The SMILES string of the molecule is CC/C(=N\S(=O)(=O)c1ccc([N+](=O)[O-])cc1)OC(C)C. The lowest BCUT2D eigenvalue weighted by molar-refractivity contribution is -0.384. The molecule has 0 aliphatic rings. The minimum Gasteiger partial charge on any atom is -0.478 e. The zero-order valence-corrected chi connectivity index (χ0v) is 12.3. The molecule has 0 amide bonds. The molecular weight excluding hydrogens is 284 g/mol. The molecule has 1 rings (SSSR count). The first-order valence-corrected chi connectivity index (χ1v) is 7.45. The van der Waals surface area contributed by atoms with E-state index in [1.54, 1.807) is 20.8 Å². The molecule has 0 fully saturated rings. The molecule has 0 aliphatic heterocycles. The van der Waals surface area contributed by atoms with Crippen LogP contribution in [0.1, 0.15) is 27.2 Å². The molecule has 0 bridgehead atoms. The van der Waals surface area contributed by atoms with E-state index in [-0.39, 0.29) is 22.6 Å². The van der Waals surface area contributed by atoms with E-state index in [0.717, 1.165) is 24.3 Å². The maximum absolute atomic E-state index is 12.0. The normalized spacial score (nSPS) is 12.5. The Hall–Kier alpha value is -1.96. The van der Waals surface area contributed by atoms with Crippen LogP contribution in [0.4, 0.5) is 5.69 Å². The second-order valence-corrected chi connectivity index (χ2v) is 5.84. The fraction of sp³-hybridized carbons (Fsp3) is 0.417. The third-order valence-electron chi connectivity index (χ3n) is 2.24. The van der Waals surface area contributed by atoms with Crippen molar-refractivity contribution >= 4 is 21.6 Å². The number of hydrogen-bond donors (Lipinski definition) is 0. The molecule has 1 aromatic carbocycles. The molecule has 0 unspecified atom stereocenters. The lowest BCUT2D eigenvalue weighted by atomic mass is 10.3. The summed E-state index contributed by atoms with van der Waals surface area (Å²) in [5.74, 6) is 0.110. The molecular formula is C12H16N2O5S. The third-order valence-corrected chi connectivity index (χ3v) is 3.55. The molecule has 0 atom stereocenters. The number of hydrogen-bond acceptors (Lipinski definition) is 5. The second-order valence-electron chi connectivity index (χ2n) is 4.23. The van der Waals surface area contributed by atoms with Crippen LogP contribution in [0, 0.1) is 10.1 Å². The summed E-state index contributed by atoms with van der Waals surface area (Å²) in [7, 11) is -3.92. The fourth-order valence-corrected chi connectivity index (χ4v) is 2.39. The Labute approximate surface area is 117 Å². The summed E-state index contributed by atoms with van der Waals surface area (Å²) in [6.07, 6.45) is 0.158. The van der Waals surface area contributed by atoms with E-state index in [0.29, 0.717) is 6.42 Å². The molecule has 0 saturated carbocycles. The van der Waals surface area contributed by atoms with Gasteiger partial charge in [0.25, 0.3) is 15.7 Å². The van der Waals surface area contributed by atoms with E-state index in [9.17, 15) is 18.5 Å². The van der Waals surface area contributed by atoms with Gasteiger partial charge in [-0.3, -0.25) is 10.1 Å². The maximum Gasteiger partial charge on any atom is 0.285 e. The van der Waals surface area contributed by atoms with Crippen molar-refractivity contribution in [3.8, 4) is 0 Å². The molecule has 8 heteroatoms. The fourth-order valence-electron chi connectivity index (χ4n) is 1.37. The molecule has 0 aliphatic carbocycles. The molecule has 1 aromatic rings. The summed E-state index contributed by atoms with van der Waals surface area (Å²) in [6, 6.07) is 4.55. The van der Waals surface area contributed by atoms with Crippen LogP contribution < -0.4 is 0 Å². The summed E-state index contributed by atoms with van der Waals surface area (Å²) in [6.45, 7) is 5.26. The molecule has 20 heavy (non-hydrogen) atoms. The second kappa shape index (κ2) is 6.47. The van der Waals surface area contributed by atoms with Crippen LogP contribution in [0.25, 0.3) is 0 Å². The lowest BCUT2D eigenvalue weighted by Gasteiger charge is -2.10. The van der Waals surface area contributed by atoms with Crippen LogP contribution in [-0.4, -0.2) is 25.3 Å². The van der Waals surface area contributed by atoms with Gasteiger partial charge in [0.2, 0.25) is 0 Å². The summed E-state index contributed by atoms with van der Waals surface area (Å²) < 4.78 is 32.9. The van der Waals surface area contributed by atoms with Gasteiger partial charge in [0, 0.05) is 18.6 Å².